The molecule has 4 atom stereocenters. The lowest BCUT2D eigenvalue weighted by Gasteiger charge is -2.16. The van der Waals surface area contributed by atoms with Crippen LogP contribution in [0.3, 0.4) is 0 Å². The zero-order valence-corrected chi connectivity index (χ0v) is 13.7. The molecular weight excluding hydrogens is 328 g/mol. The Balaban J connectivity index is 1.81. The second kappa shape index (κ2) is 5.85. The van der Waals surface area contributed by atoms with E-state index in [-0.39, 0.29) is 0 Å². The lowest BCUT2D eigenvalue weighted by atomic mass is 10.1. The molecule has 1 aliphatic rings. The van der Waals surface area contributed by atoms with Gasteiger partial charge in [-0.1, -0.05) is 0 Å². The molecule has 0 bridgehead atoms. The Hall–Kier alpha value is -2.40. The van der Waals surface area contributed by atoms with Crippen LogP contribution in [0.15, 0.2) is 18.7 Å². The Morgan fingerprint density at radius 2 is 1.96 bits per heavy atom. The minimum absolute atomic E-state index is 0.395. The summed E-state index contributed by atoms with van der Waals surface area (Å²) < 4.78 is 8.75. The van der Waals surface area contributed by atoms with Gasteiger partial charge in [0.1, 0.15) is 24.6 Å². The van der Waals surface area contributed by atoms with E-state index in [0.717, 1.165) is 11.4 Å². The molecule has 0 aromatic carbocycles. The minimum atomic E-state index is -1.21. The van der Waals surface area contributed by atoms with Crippen LogP contribution in [-0.2, 0) is 4.74 Å². The van der Waals surface area contributed by atoms with Gasteiger partial charge in [0, 0.05) is 5.69 Å². The van der Waals surface area contributed by atoms with Crippen LogP contribution in [0.5, 0.6) is 0 Å². The number of aliphatic hydroxyl groups is 3. The summed E-state index contributed by atoms with van der Waals surface area (Å²) in [4.78, 5) is 12.9. The number of rotatable bonds is 3. The van der Waals surface area contributed by atoms with Gasteiger partial charge in [-0.25, -0.2) is 19.6 Å². The van der Waals surface area contributed by atoms with Crippen molar-refractivity contribution in [3.05, 3.63) is 30.1 Å². The van der Waals surface area contributed by atoms with Gasteiger partial charge in [0.25, 0.3) is 0 Å². The van der Waals surface area contributed by atoms with Crippen LogP contribution in [0.4, 0.5) is 0 Å². The smallest absolute Gasteiger partial charge is 0.185 e. The predicted molar refractivity (Wildman–Crippen MR) is 84.9 cm³/mol. The molecule has 3 aromatic heterocycles. The average Bonchev–Trinajstić information content (AvgIpc) is 3.24. The number of aliphatic hydroxyl groups excluding tert-OH is 3. The van der Waals surface area contributed by atoms with Gasteiger partial charge in [-0.15, -0.1) is 0 Å². The summed E-state index contributed by atoms with van der Waals surface area (Å²) in [6.45, 7) is 3.41. The molecule has 4 rings (SSSR count). The maximum atomic E-state index is 10.2. The van der Waals surface area contributed by atoms with Crippen LogP contribution < -0.4 is 0 Å². The molecule has 3 N–H and O–H groups in total. The molecule has 1 aliphatic heterocycles. The SMILES string of the molecule is Cc1cc(C)n(-c2ncnc3c2ncn3[C@@H]2O[C@H](CO)[C@@H](O)[C@H]2O)n1. The first kappa shape index (κ1) is 16.1. The van der Waals surface area contributed by atoms with E-state index in [1.54, 1.807) is 4.68 Å². The van der Waals surface area contributed by atoms with E-state index in [2.05, 4.69) is 20.1 Å². The summed E-state index contributed by atoms with van der Waals surface area (Å²) in [5.74, 6) is 0.515. The standard InChI is InChI=1S/C15H18N6O4/c1-7-3-8(2)21(19-7)14-10-13(16-5-17-14)20(6-18-10)15-12(24)11(23)9(4-22)25-15/h3,5-6,9,11-12,15,22-24H,4H2,1-2H3/t9-,11-,12-,15-/m1/s1. The number of aromatic nitrogens is 6. The minimum Gasteiger partial charge on any atom is -0.394 e. The van der Waals surface area contributed by atoms with E-state index >= 15 is 0 Å². The molecule has 1 saturated heterocycles. The first-order chi connectivity index (χ1) is 12.0. The molecule has 10 nitrogen and oxygen atoms in total. The van der Waals surface area contributed by atoms with Gasteiger partial charge in [0.15, 0.2) is 23.2 Å². The second-order valence-corrected chi connectivity index (χ2v) is 6.09. The number of ether oxygens (including phenoxy) is 1. The van der Waals surface area contributed by atoms with Crippen molar-refractivity contribution in [2.24, 2.45) is 0 Å². The van der Waals surface area contributed by atoms with Crippen molar-refractivity contribution in [2.45, 2.75) is 38.4 Å². The highest BCUT2D eigenvalue weighted by molar-refractivity contribution is 5.78. The number of fused-ring (bicyclic) bond motifs is 1. The maximum absolute atomic E-state index is 10.2. The molecule has 10 heteroatoms. The Morgan fingerprint density at radius 3 is 2.60 bits per heavy atom. The number of nitrogens with zero attached hydrogens (tertiary/aromatic N) is 6. The van der Waals surface area contributed by atoms with Gasteiger partial charge in [-0.05, 0) is 19.9 Å². The third-order valence-corrected chi connectivity index (χ3v) is 4.34. The van der Waals surface area contributed by atoms with Crippen molar-refractivity contribution in [3.8, 4) is 5.82 Å². The number of hydrogen-bond donors (Lipinski definition) is 3. The molecule has 0 radical (unpaired) electrons. The zero-order chi connectivity index (χ0) is 17.7. The second-order valence-electron chi connectivity index (χ2n) is 6.09. The fourth-order valence-electron chi connectivity index (χ4n) is 3.13. The van der Waals surface area contributed by atoms with E-state index in [9.17, 15) is 15.3 Å². The summed E-state index contributed by atoms with van der Waals surface area (Å²) in [6, 6.07) is 1.93. The quantitative estimate of drug-likeness (QED) is 0.564. The molecule has 3 aromatic rings. The van der Waals surface area contributed by atoms with E-state index in [4.69, 9.17) is 4.74 Å². The third-order valence-electron chi connectivity index (χ3n) is 4.34. The third kappa shape index (κ3) is 2.42. The highest BCUT2D eigenvalue weighted by Gasteiger charge is 2.44. The Morgan fingerprint density at radius 1 is 1.16 bits per heavy atom. The Bertz CT molecular complexity index is 922. The first-order valence-electron chi connectivity index (χ1n) is 7.85. The maximum Gasteiger partial charge on any atom is 0.185 e. The number of imidazole rings is 1. The molecule has 0 amide bonds. The van der Waals surface area contributed by atoms with E-state index < -0.39 is 31.1 Å². The largest absolute Gasteiger partial charge is 0.394 e. The van der Waals surface area contributed by atoms with Crippen LogP contribution in [0, 0.1) is 13.8 Å². The van der Waals surface area contributed by atoms with Crippen LogP contribution in [0.2, 0.25) is 0 Å². The van der Waals surface area contributed by atoms with Crippen molar-refractivity contribution in [3.63, 3.8) is 0 Å². The van der Waals surface area contributed by atoms with Crippen molar-refractivity contribution in [2.75, 3.05) is 6.61 Å². The highest BCUT2D eigenvalue weighted by atomic mass is 16.6. The lowest BCUT2D eigenvalue weighted by Crippen LogP contribution is -2.33. The van der Waals surface area contributed by atoms with E-state index in [1.165, 1.54) is 17.2 Å². The van der Waals surface area contributed by atoms with Gasteiger partial charge in [0.2, 0.25) is 0 Å². The lowest BCUT2D eigenvalue weighted by molar-refractivity contribution is -0.0511. The zero-order valence-electron chi connectivity index (χ0n) is 13.7. The fraction of sp³-hybridized carbons (Fsp3) is 0.467. The summed E-state index contributed by atoms with van der Waals surface area (Å²) in [6.07, 6.45) is -1.32. The molecule has 25 heavy (non-hydrogen) atoms. The number of aryl methyl sites for hydroxylation is 2. The van der Waals surface area contributed by atoms with Gasteiger partial charge >= 0.3 is 0 Å². The van der Waals surface area contributed by atoms with Gasteiger partial charge < -0.3 is 20.1 Å². The Kier molecular flexibility index (Phi) is 3.76. The van der Waals surface area contributed by atoms with E-state index in [0.29, 0.717) is 17.0 Å². The van der Waals surface area contributed by atoms with Crippen LogP contribution in [-0.4, -0.2) is 69.5 Å². The van der Waals surface area contributed by atoms with Crippen LogP contribution in [0.25, 0.3) is 17.0 Å². The van der Waals surface area contributed by atoms with Crippen molar-refractivity contribution < 1.29 is 20.1 Å². The summed E-state index contributed by atoms with van der Waals surface area (Å²) in [7, 11) is 0. The first-order valence-corrected chi connectivity index (χ1v) is 7.85. The van der Waals surface area contributed by atoms with E-state index in [1.807, 2.05) is 19.9 Å². The molecule has 0 saturated carbocycles. The number of hydrogen-bond acceptors (Lipinski definition) is 8. The van der Waals surface area contributed by atoms with Crippen molar-refractivity contribution >= 4 is 11.2 Å². The predicted octanol–water partition coefficient (Wildman–Crippen LogP) is -0.760. The van der Waals surface area contributed by atoms with Crippen molar-refractivity contribution in [1.82, 2.24) is 29.3 Å². The molecule has 4 heterocycles. The molecule has 0 spiro atoms. The molecule has 1 fully saturated rings. The molecular formula is C15H18N6O4. The summed E-state index contributed by atoms with van der Waals surface area (Å²) >= 11 is 0. The Labute approximate surface area is 142 Å². The van der Waals surface area contributed by atoms with Gasteiger partial charge in [-0.3, -0.25) is 4.57 Å². The summed E-state index contributed by atoms with van der Waals surface area (Å²) in [5, 5.41) is 33.8. The van der Waals surface area contributed by atoms with Crippen LogP contribution >= 0.6 is 0 Å². The fourth-order valence-corrected chi connectivity index (χ4v) is 3.13. The van der Waals surface area contributed by atoms with Crippen molar-refractivity contribution in [1.29, 1.82) is 0 Å². The van der Waals surface area contributed by atoms with Gasteiger partial charge in [-0.2, -0.15) is 5.10 Å². The van der Waals surface area contributed by atoms with Gasteiger partial charge in [0.05, 0.1) is 18.6 Å². The monoisotopic (exact) mass is 346 g/mol. The highest BCUT2D eigenvalue weighted by Crippen LogP contribution is 2.31. The van der Waals surface area contributed by atoms with Crippen LogP contribution in [0.1, 0.15) is 17.6 Å². The molecule has 0 unspecified atom stereocenters. The topological polar surface area (TPSA) is 131 Å². The molecule has 0 aliphatic carbocycles. The normalized spacial score (nSPS) is 26.6. The average molecular weight is 346 g/mol. The summed E-state index contributed by atoms with van der Waals surface area (Å²) in [5.41, 5.74) is 2.69. The molecule has 132 valence electrons.